The Morgan fingerprint density at radius 1 is 1.33 bits per heavy atom. The van der Waals surface area contributed by atoms with Crippen molar-refractivity contribution in [2.75, 3.05) is 7.11 Å². The first kappa shape index (κ1) is 16.1. The van der Waals surface area contributed by atoms with Crippen molar-refractivity contribution in [1.82, 2.24) is 24.3 Å². The van der Waals surface area contributed by atoms with Gasteiger partial charge in [0.05, 0.1) is 18.4 Å². The maximum absolute atomic E-state index is 12.5. The van der Waals surface area contributed by atoms with Gasteiger partial charge in [-0.05, 0) is 32.4 Å². The van der Waals surface area contributed by atoms with Crippen LogP contribution in [0.5, 0.6) is 0 Å². The van der Waals surface area contributed by atoms with E-state index in [-0.39, 0.29) is 17.0 Å². The predicted molar refractivity (Wildman–Crippen MR) is 83.4 cm³/mol. The van der Waals surface area contributed by atoms with Gasteiger partial charge in [0, 0.05) is 11.4 Å². The van der Waals surface area contributed by atoms with E-state index in [0.717, 1.165) is 0 Å². The lowest BCUT2D eigenvalue weighted by Crippen LogP contribution is -2.25. The van der Waals surface area contributed by atoms with Crippen LogP contribution in [0.15, 0.2) is 34.6 Å². The smallest absolute Gasteiger partial charge is 0.336 e. The molecule has 1 aliphatic carbocycles. The van der Waals surface area contributed by atoms with Gasteiger partial charge in [-0.2, -0.15) is 13.4 Å². The lowest BCUT2D eigenvalue weighted by molar-refractivity contribution is -0.136. The van der Waals surface area contributed by atoms with Crippen molar-refractivity contribution in [2.45, 2.75) is 25.4 Å². The largest absolute Gasteiger partial charge is 0.466 e. The van der Waals surface area contributed by atoms with Gasteiger partial charge in [-0.3, -0.25) is 4.72 Å². The first-order chi connectivity index (χ1) is 11.3. The molecule has 2 heterocycles. The highest BCUT2D eigenvalue weighted by molar-refractivity contribution is 7.89. The molecule has 0 radical (unpaired) electrons. The third kappa shape index (κ3) is 2.75. The van der Waals surface area contributed by atoms with Gasteiger partial charge in [-0.15, -0.1) is 5.10 Å². The van der Waals surface area contributed by atoms with Gasteiger partial charge in [-0.1, -0.05) is 6.08 Å². The Labute approximate surface area is 138 Å². The van der Waals surface area contributed by atoms with Crippen LogP contribution in [-0.4, -0.2) is 41.1 Å². The summed E-state index contributed by atoms with van der Waals surface area (Å²) < 4.78 is 33.3. The number of hydrogen-bond donors (Lipinski definition) is 1. The molecule has 1 N–H and O–H groups in total. The molecule has 3 rings (SSSR count). The maximum atomic E-state index is 12.5. The molecule has 126 valence electrons. The van der Waals surface area contributed by atoms with Crippen LogP contribution in [0.4, 0.5) is 0 Å². The van der Waals surface area contributed by atoms with E-state index in [1.54, 1.807) is 26.0 Å². The number of nitrogens with one attached hydrogen (secondary N) is 1. The minimum Gasteiger partial charge on any atom is -0.466 e. The van der Waals surface area contributed by atoms with Gasteiger partial charge in [0.15, 0.2) is 0 Å². The van der Waals surface area contributed by atoms with Gasteiger partial charge >= 0.3 is 5.97 Å². The van der Waals surface area contributed by atoms with E-state index in [0.29, 0.717) is 17.8 Å². The highest BCUT2D eigenvalue weighted by Gasteiger charge is 2.26. The van der Waals surface area contributed by atoms with Crippen molar-refractivity contribution in [2.24, 2.45) is 0 Å². The summed E-state index contributed by atoms with van der Waals surface area (Å²) in [6, 6.07) is 1.77. The molecule has 0 atom stereocenters. The van der Waals surface area contributed by atoms with E-state index in [2.05, 4.69) is 24.5 Å². The highest BCUT2D eigenvalue weighted by atomic mass is 32.2. The van der Waals surface area contributed by atoms with Crippen LogP contribution in [0.3, 0.4) is 0 Å². The van der Waals surface area contributed by atoms with E-state index in [1.807, 2.05) is 0 Å². The standard InChI is InChI=1S/C14H15N5O4S/c1-8-7-9(2)19-13(15-8)16-14(17-19)24(21,22)18-11-6-4-5-10(11)12(20)23-3/h4,6-7,18H,5H2,1-3H3. The zero-order chi connectivity index (χ0) is 17.5. The van der Waals surface area contributed by atoms with Crippen LogP contribution in [0, 0.1) is 13.8 Å². The van der Waals surface area contributed by atoms with Crippen LogP contribution >= 0.6 is 0 Å². The van der Waals surface area contributed by atoms with Crippen molar-refractivity contribution in [1.29, 1.82) is 0 Å². The zero-order valence-corrected chi connectivity index (χ0v) is 14.1. The van der Waals surface area contributed by atoms with E-state index < -0.39 is 21.1 Å². The molecule has 0 aliphatic heterocycles. The van der Waals surface area contributed by atoms with Crippen LogP contribution in [0.1, 0.15) is 17.8 Å². The molecule has 0 bridgehead atoms. The molecule has 0 unspecified atom stereocenters. The molecular formula is C14H15N5O4S. The molecule has 0 fully saturated rings. The van der Waals surface area contributed by atoms with Gasteiger partial charge in [0.1, 0.15) is 0 Å². The number of nitrogens with zero attached hydrogens (tertiary/aromatic N) is 4. The normalized spacial score (nSPS) is 14.5. The number of sulfonamides is 1. The molecule has 1 aliphatic rings. The number of carbonyl (C=O) groups excluding carboxylic acids is 1. The van der Waals surface area contributed by atoms with Crippen LogP contribution in [0.25, 0.3) is 5.78 Å². The van der Waals surface area contributed by atoms with Gasteiger partial charge in [-0.25, -0.2) is 14.3 Å². The summed E-state index contributed by atoms with van der Waals surface area (Å²) in [5.41, 5.74) is 1.80. The Balaban J connectivity index is 2.01. The fourth-order valence-corrected chi connectivity index (χ4v) is 3.33. The SMILES string of the molecule is COC(=O)C1=C(NS(=O)(=O)c2nc3nc(C)cc(C)n3n2)C=CC1. The molecule has 0 saturated carbocycles. The number of carbonyl (C=O) groups is 1. The Bertz CT molecular complexity index is 1000. The highest BCUT2D eigenvalue weighted by Crippen LogP contribution is 2.20. The zero-order valence-electron chi connectivity index (χ0n) is 13.3. The third-order valence-corrected chi connectivity index (χ3v) is 4.59. The third-order valence-electron chi connectivity index (χ3n) is 3.45. The Morgan fingerprint density at radius 2 is 2.08 bits per heavy atom. The number of hydrogen-bond acceptors (Lipinski definition) is 7. The molecule has 2 aromatic heterocycles. The fourth-order valence-electron chi connectivity index (χ4n) is 2.37. The summed E-state index contributed by atoms with van der Waals surface area (Å²) in [6.45, 7) is 3.56. The second-order valence-electron chi connectivity index (χ2n) is 5.24. The fraction of sp³-hybridized carbons (Fsp3) is 0.286. The van der Waals surface area contributed by atoms with E-state index in [4.69, 9.17) is 0 Å². The van der Waals surface area contributed by atoms with Crippen LogP contribution in [-0.2, 0) is 19.6 Å². The second-order valence-corrected chi connectivity index (χ2v) is 6.82. The average Bonchev–Trinajstić information content (AvgIpc) is 3.13. The molecule has 0 amide bonds. The number of rotatable bonds is 4. The Morgan fingerprint density at radius 3 is 2.79 bits per heavy atom. The number of methoxy groups -OCH3 is 1. The van der Waals surface area contributed by atoms with E-state index in [1.165, 1.54) is 17.7 Å². The minimum absolute atomic E-state index is 0.154. The minimum atomic E-state index is -4.06. The van der Waals surface area contributed by atoms with Crippen LogP contribution in [0.2, 0.25) is 0 Å². The quantitative estimate of drug-likeness (QED) is 0.795. The summed E-state index contributed by atoms with van der Waals surface area (Å²) in [5.74, 6) is -0.397. The molecule has 10 heteroatoms. The molecule has 0 spiro atoms. The van der Waals surface area contributed by atoms with Gasteiger partial charge in [0.2, 0.25) is 0 Å². The van der Waals surface area contributed by atoms with Crippen molar-refractivity contribution in [3.05, 3.63) is 40.9 Å². The molecular weight excluding hydrogens is 334 g/mol. The maximum Gasteiger partial charge on any atom is 0.336 e. The number of aryl methyl sites for hydroxylation is 2. The summed E-state index contributed by atoms with van der Waals surface area (Å²) in [6.07, 6.45) is 3.46. The lowest BCUT2D eigenvalue weighted by Gasteiger charge is -2.07. The van der Waals surface area contributed by atoms with E-state index >= 15 is 0 Å². The molecule has 9 nitrogen and oxygen atoms in total. The number of aromatic nitrogens is 4. The Hall–Kier alpha value is -2.75. The van der Waals surface area contributed by atoms with Gasteiger partial charge < -0.3 is 4.74 Å². The first-order valence-electron chi connectivity index (χ1n) is 7.03. The average molecular weight is 349 g/mol. The first-order valence-corrected chi connectivity index (χ1v) is 8.52. The number of ether oxygens (including phenoxy) is 1. The topological polar surface area (TPSA) is 116 Å². The number of allylic oxidation sites excluding steroid dienone is 2. The van der Waals surface area contributed by atoms with Crippen molar-refractivity contribution < 1.29 is 17.9 Å². The summed E-state index contributed by atoms with van der Waals surface area (Å²) in [5, 5.41) is 3.57. The van der Waals surface area contributed by atoms with Crippen molar-refractivity contribution in [3.63, 3.8) is 0 Å². The lowest BCUT2D eigenvalue weighted by atomic mass is 10.2. The summed E-state index contributed by atoms with van der Waals surface area (Å²) >= 11 is 0. The van der Waals surface area contributed by atoms with Crippen molar-refractivity contribution >= 4 is 21.8 Å². The second kappa shape index (κ2) is 5.71. The molecule has 0 saturated heterocycles. The molecule has 0 aromatic carbocycles. The van der Waals surface area contributed by atoms with Crippen molar-refractivity contribution in [3.8, 4) is 0 Å². The summed E-state index contributed by atoms with van der Waals surface area (Å²) in [4.78, 5) is 19.8. The van der Waals surface area contributed by atoms with Crippen LogP contribution < -0.4 is 4.72 Å². The number of esters is 1. The van der Waals surface area contributed by atoms with Gasteiger partial charge in [0.25, 0.3) is 21.0 Å². The van der Waals surface area contributed by atoms with E-state index in [9.17, 15) is 13.2 Å². The summed E-state index contributed by atoms with van der Waals surface area (Å²) in [7, 11) is -2.82. The molecule has 24 heavy (non-hydrogen) atoms. The number of fused-ring (bicyclic) bond motifs is 1. The monoisotopic (exact) mass is 349 g/mol. The Kier molecular flexibility index (Phi) is 3.84. The molecule has 2 aromatic rings. The predicted octanol–water partition coefficient (Wildman–Crippen LogP) is 0.406.